The number of nitrogens with two attached hydrogens (primary N) is 1. The lowest BCUT2D eigenvalue weighted by atomic mass is 10.4. The highest BCUT2D eigenvalue weighted by atomic mass is 32.2. The Balaban J connectivity index is 1.97. The summed E-state index contributed by atoms with van der Waals surface area (Å²) in [6, 6.07) is 3.06. The minimum atomic E-state index is -0.0594. The fraction of sp³-hybridized carbons (Fsp3) is 0.333. The van der Waals surface area contributed by atoms with Crippen LogP contribution in [0.4, 0.5) is 5.69 Å². The van der Waals surface area contributed by atoms with Crippen molar-refractivity contribution in [2.45, 2.75) is 11.7 Å². The minimum absolute atomic E-state index is 0.0594. The molecule has 0 bridgehead atoms. The summed E-state index contributed by atoms with van der Waals surface area (Å²) in [5.74, 6) is 0.706. The van der Waals surface area contributed by atoms with E-state index in [-0.39, 0.29) is 5.56 Å². The molecule has 0 aliphatic heterocycles. The Morgan fingerprint density at radius 2 is 2.29 bits per heavy atom. The molecule has 0 aliphatic carbocycles. The molecule has 0 saturated heterocycles. The van der Waals surface area contributed by atoms with Crippen molar-refractivity contribution in [3.8, 4) is 0 Å². The molecule has 2 aromatic rings. The van der Waals surface area contributed by atoms with E-state index < -0.39 is 0 Å². The van der Waals surface area contributed by atoms with E-state index in [1.165, 1.54) is 17.8 Å². The molecule has 90 valence electrons. The summed E-state index contributed by atoms with van der Waals surface area (Å²) in [4.78, 5) is 11.5. The first-order valence-corrected chi connectivity index (χ1v) is 5.96. The number of hydrogen-bond donors (Lipinski definition) is 1. The second-order valence-corrected chi connectivity index (χ2v) is 4.49. The lowest BCUT2D eigenvalue weighted by Crippen LogP contribution is -2.20. The number of thioether (sulfide) groups is 1. The van der Waals surface area contributed by atoms with Gasteiger partial charge in [0.05, 0.1) is 0 Å². The van der Waals surface area contributed by atoms with E-state index in [9.17, 15) is 4.79 Å². The summed E-state index contributed by atoms with van der Waals surface area (Å²) in [6.07, 6.45) is 1.64. The monoisotopic (exact) mass is 252 g/mol. The van der Waals surface area contributed by atoms with E-state index in [2.05, 4.69) is 15.5 Å². The number of pyridine rings is 1. The number of nitrogens with zero attached hydrogens (tertiary/aromatic N) is 5. The molecule has 0 spiro atoms. The number of anilines is 1. The Hall–Kier alpha value is -1.83. The Morgan fingerprint density at radius 3 is 3.00 bits per heavy atom. The second kappa shape index (κ2) is 5.00. The predicted octanol–water partition coefficient (Wildman–Crippen LogP) is -0.254. The van der Waals surface area contributed by atoms with E-state index in [4.69, 9.17) is 5.73 Å². The quantitative estimate of drug-likeness (QED) is 0.754. The van der Waals surface area contributed by atoms with Crippen molar-refractivity contribution in [3.05, 3.63) is 28.7 Å². The third-order valence-corrected chi connectivity index (χ3v) is 3.14. The Bertz CT molecular complexity index is 563. The van der Waals surface area contributed by atoms with Crippen molar-refractivity contribution in [1.82, 2.24) is 24.8 Å². The van der Waals surface area contributed by atoms with Gasteiger partial charge >= 0.3 is 0 Å². The number of hydrogen-bond acceptors (Lipinski definition) is 6. The Morgan fingerprint density at radius 1 is 1.47 bits per heavy atom. The lowest BCUT2D eigenvalue weighted by Gasteiger charge is -2.05. The molecule has 7 nitrogen and oxygen atoms in total. The van der Waals surface area contributed by atoms with Gasteiger partial charge in [-0.25, -0.2) is 4.68 Å². The SMILES string of the molecule is Cn1nnnc1SCCn1cc(N)ccc1=O. The van der Waals surface area contributed by atoms with Crippen LogP contribution in [0.2, 0.25) is 0 Å². The van der Waals surface area contributed by atoms with Crippen LogP contribution in [0.1, 0.15) is 0 Å². The summed E-state index contributed by atoms with van der Waals surface area (Å²) in [5.41, 5.74) is 6.13. The van der Waals surface area contributed by atoms with Crippen LogP contribution in [-0.4, -0.2) is 30.5 Å². The van der Waals surface area contributed by atoms with Crippen LogP contribution in [0.5, 0.6) is 0 Å². The maximum absolute atomic E-state index is 11.5. The third-order valence-electron chi connectivity index (χ3n) is 2.15. The van der Waals surface area contributed by atoms with Crippen molar-refractivity contribution in [2.24, 2.45) is 7.05 Å². The minimum Gasteiger partial charge on any atom is -0.398 e. The van der Waals surface area contributed by atoms with Gasteiger partial charge in [-0.15, -0.1) is 5.10 Å². The zero-order valence-electron chi connectivity index (χ0n) is 9.28. The van der Waals surface area contributed by atoms with Gasteiger partial charge in [-0.2, -0.15) is 0 Å². The van der Waals surface area contributed by atoms with Crippen LogP contribution in [0, 0.1) is 0 Å². The predicted molar refractivity (Wildman–Crippen MR) is 64.6 cm³/mol. The molecular weight excluding hydrogens is 240 g/mol. The number of rotatable bonds is 4. The van der Waals surface area contributed by atoms with E-state index in [1.807, 2.05) is 0 Å². The zero-order chi connectivity index (χ0) is 12.3. The topological polar surface area (TPSA) is 91.6 Å². The van der Waals surface area contributed by atoms with Crippen molar-refractivity contribution in [1.29, 1.82) is 0 Å². The molecule has 2 aromatic heterocycles. The Kier molecular flexibility index (Phi) is 3.43. The maximum Gasteiger partial charge on any atom is 0.250 e. The summed E-state index contributed by atoms with van der Waals surface area (Å²) in [6.45, 7) is 0.571. The van der Waals surface area contributed by atoms with Crippen molar-refractivity contribution in [2.75, 3.05) is 11.5 Å². The van der Waals surface area contributed by atoms with Crippen molar-refractivity contribution < 1.29 is 0 Å². The van der Waals surface area contributed by atoms with Crippen LogP contribution < -0.4 is 11.3 Å². The fourth-order valence-electron chi connectivity index (χ4n) is 1.30. The molecule has 0 amide bonds. The molecular formula is C9H12N6OS. The molecule has 17 heavy (non-hydrogen) atoms. The van der Waals surface area contributed by atoms with Crippen LogP contribution in [0.25, 0.3) is 0 Å². The largest absolute Gasteiger partial charge is 0.398 e. The average molecular weight is 252 g/mol. The first-order chi connectivity index (χ1) is 8.16. The van der Waals surface area contributed by atoms with Gasteiger partial charge in [-0.1, -0.05) is 11.8 Å². The van der Waals surface area contributed by atoms with Crippen LogP contribution >= 0.6 is 11.8 Å². The van der Waals surface area contributed by atoms with E-state index in [0.717, 1.165) is 5.16 Å². The lowest BCUT2D eigenvalue weighted by molar-refractivity contribution is 0.663. The first-order valence-electron chi connectivity index (χ1n) is 4.98. The maximum atomic E-state index is 11.5. The highest BCUT2D eigenvalue weighted by molar-refractivity contribution is 7.99. The molecule has 0 radical (unpaired) electrons. The Labute approximate surface area is 102 Å². The van der Waals surface area contributed by atoms with Crippen molar-refractivity contribution in [3.63, 3.8) is 0 Å². The molecule has 0 aromatic carbocycles. The second-order valence-electron chi connectivity index (χ2n) is 3.43. The zero-order valence-corrected chi connectivity index (χ0v) is 10.1. The number of nitrogen functional groups attached to an aromatic ring is 1. The number of tetrazole rings is 1. The normalized spacial score (nSPS) is 10.6. The summed E-state index contributed by atoms with van der Waals surface area (Å²) < 4.78 is 3.17. The van der Waals surface area contributed by atoms with Gasteiger partial charge in [-0.05, 0) is 16.5 Å². The van der Waals surface area contributed by atoms with Gasteiger partial charge in [0.25, 0.3) is 5.56 Å². The van der Waals surface area contributed by atoms with Gasteiger partial charge in [0, 0.05) is 37.3 Å². The third kappa shape index (κ3) is 2.84. The average Bonchev–Trinajstić information content (AvgIpc) is 2.70. The first kappa shape index (κ1) is 11.6. The summed E-state index contributed by atoms with van der Waals surface area (Å²) >= 11 is 1.49. The van der Waals surface area contributed by atoms with Gasteiger partial charge < -0.3 is 10.3 Å². The standard InChI is InChI=1S/C9H12N6OS/c1-14-9(11-12-13-14)17-5-4-15-6-7(10)2-3-8(15)16/h2-3,6H,4-5,10H2,1H3. The van der Waals surface area contributed by atoms with Gasteiger partial charge in [0.15, 0.2) is 0 Å². The highest BCUT2D eigenvalue weighted by Gasteiger charge is 2.03. The summed E-state index contributed by atoms with van der Waals surface area (Å²) in [5, 5.41) is 11.8. The van der Waals surface area contributed by atoms with Crippen LogP contribution in [0.3, 0.4) is 0 Å². The number of aromatic nitrogens is 5. The van der Waals surface area contributed by atoms with Gasteiger partial charge in [0.2, 0.25) is 5.16 Å². The van der Waals surface area contributed by atoms with Crippen molar-refractivity contribution >= 4 is 17.4 Å². The molecule has 0 unspecified atom stereocenters. The number of aryl methyl sites for hydroxylation is 2. The molecule has 0 saturated carbocycles. The van der Waals surface area contributed by atoms with Crippen LogP contribution in [-0.2, 0) is 13.6 Å². The van der Waals surface area contributed by atoms with Gasteiger partial charge in [0.1, 0.15) is 0 Å². The molecule has 0 atom stereocenters. The van der Waals surface area contributed by atoms with E-state index in [1.54, 1.807) is 28.6 Å². The smallest absolute Gasteiger partial charge is 0.250 e. The van der Waals surface area contributed by atoms with E-state index >= 15 is 0 Å². The summed E-state index contributed by atoms with van der Waals surface area (Å²) in [7, 11) is 1.77. The van der Waals surface area contributed by atoms with E-state index in [0.29, 0.717) is 18.0 Å². The molecule has 2 rings (SSSR count). The van der Waals surface area contributed by atoms with Crippen LogP contribution in [0.15, 0.2) is 28.3 Å². The molecule has 0 fully saturated rings. The molecule has 0 aliphatic rings. The molecule has 8 heteroatoms. The highest BCUT2D eigenvalue weighted by Crippen LogP contribution is 2.12. The molecule has 2 N–H and O–H groups in total. The fourth-order valence-corrected chi connectivity index (χ4v) is 2.09. The van der Waals surface area contributed by atoms with Gasteiger partial charge in [-0.3, -0.25) is 4.79 Å². The molecule has 2 heterocycles.